The zero-order valence-electron chi connectivity index (χ0n) is 8.21. The van der Waals surface area contributed by atoms with E-state index in [9.17, 15) is 9.59 Å². The summed E-state index contributed by atoms with van der Waals surface area (Å²) in [5, 5.41) is 8.85. The van der Waals surface area contributed by atoms with E-state index in [-0.39, 0.29) is 12.1 Å². The summed E-state index contributed by atoms with van der Waals surface area (Å²) >= 11 is 0. The molecular formula is C10H11NO4. The molecule has 0 aliphatic carbocycles. The van der Waals surface area contributed by atoms with Gasteiger partial charge in [0.05, 0.1) is 5.69 Å². The molecule has 1 aromatic heterocycles. The lowest BCUT2D eigenvalue weighted by Crippen LogP contribution is -2.19. The summed E-state index contributed by atoms with van der Waals surface area (Å²) in [4.78, 5) is 25.7. The summed E-state index contributed by atoms with van der Waals surface area (Å²) in [5.41, 5.74) is 0.215. The molecule has 15 heavy (non-hydrogen) atoms. The number of carbonyl (C=O) groups is 2. The lowest BCUT2D eigenvalue weighted by molar-refractivity contribution is -0.164. The van der Waals surface area contributed by atoms with E-state index in [2.05, 4.69) is 4.98 Å². The van der Waals surface area contributed by atoms with Crippen LogP contribution in [0.3, 0.4) is 0 Å². The number of carboxylic acids is 1. The van der Waals surface area contributed by atoms with Crippen LogP contribution in [-0.2, 0) is 14.3 Å². The van der Waals surface area contributed by atoms with Crippen LogP contribution in [0.4, 0.5) is 0 Å². The van der Waals surface area contributed by atoms with Crippen molar-refractivity contribution in [2.24, 2.45) is 0 Å². The third-order valence-corrected chi connectivity index (χ3v) is 1.72. The second-order valence-electron chi connectivity index (χ2n) is 2.82. The first-order chi connectivity index (χ1) is 7.15. The lowest BCUT2D eigenvalue weighted by Gasteiger charge is -2.11. The number of carbonyl (C=O) groups excluding carboxylic acids is 1. The molecule has 0 aromatic carbocycles. The standard InChI is InChI=1S/C10H11NO4/c1-2-8(12)15-9(10(13)14)7-5-3-4-6-11-7/h3-6,9H,2H2,1H3,(H,13,14). The van der Waals surface area contributed by atoms with Crippen LogP contribution in [0.5, 0.6) is 0 Å². The number of hydrogen-bond donors (Lipinski definition) is 1. The van der Waals surface area contributed by atoms with Gasteiger partial charge in [0.1, 0.15) is 0 Å². The maximum atomic E-state index is 11.0. The number of hydrogen-bond acceptors (Lipinski definition) is 4. The van der Waals surface area contributed by atoms with Gasteiger partial charge in [0.15, 0.2) is 0 Å². The van der Waals surface area contributed by atoms with Crippen LogP contribution in [0.1, 0.15) is 25.1 Å². The SMILES string of the molecule is CCC(=O)OC(C(=O)O)c1ccccn1. The van der Waals surface area contributed by atoms with E-state index in [0.29, 0.717) is 0 Å². The van der Waals surface area contributed by atoms with Gasteiger partial charge in [0.25, 0.3) is 0 Å². The summed E-state index contributed by atoms with van der Waals surface area (Å²) in [5.74, 6) is -1.79. The van der Waals surface area contributed by atoms with Crippen molar-refractivity contribution in [3.05, 3.63) is 30.1 Å². The van der Waals surface area contributed by atoms with Crippen LogP contribution in [0.2, 0.25) is 0 Å². The van der Waals surface area contributed by atoms with Crippen molar-refractivity contribution < 1.29 is 19.4 Å². The Morgan fingerprint density at radius 3 is 2.73 bits per heavy atom. The zero-order valence-corrected chi connectivity index (χ0v) is 8.21. The van der Waals surface area contributed by atoms with Crippen LogP contribution in [0.15, 0.2) is 24.4 Å². The van der Waals surface area contributed by atoms with E-state index >= 15 is 0 Å². The van der Waals surface area contributed by atoms with Crippen molar-refractivity contribution >= 4 is 11.9 Å². The molecule has 0 radical (unpaired) electrons. The number of carboxylic acid groups (broad SMARTS) is 1. The van der Waals surface area contributed by atoms with E-state index in [1.54, 1.807) is 19.1 Å². The number of aromatic nitrogens is 1. The van der Waals surface area contributed by atoms with Gasteiger partial charge < -0.3 is 9.84 Å². The van der Waals surface area contributed by atoms with E-state index in [4.69, 9.17) is 9.84 Å². The molecule has 0 spiro atoms. The van der Waals surface area contributed by atoms with E-state index in [1.807, 2.05) is 0 Å². The minimum atomic E-state index is -1.32. The highest BCUT2D eigenvalue weighted by Gasteiger charge is 2.24. The predicted molar refractivity (Wildman–Crippen MR) is 51.0 cm³/mol. The molecule has 1 atom stereocenters. The monoisotopic (exact) mass is 209 g/mol. The molecule has 1 unspecified atom stereocenters. The molecule has 1 N–H and O–H groups in total. The summed E-state index contributed by atoms with van der Waals surface area (Å²) < 4.78 is 4.75. The average Bonchev–Trinajstić information content (AvgIpc) is 2.26. The highest BCUT2D eigenvalue weighted by molar-refractivity contribution is 5.78. The lowest BCUT2D eigenvalue weighted by atomic mass is 10.2. The number of rotatable bonds is 4. The van der Waals surface area contributed by atoms with E-state index < -0.39 is 18.0 Å². The van der Waals surface area contributed by atoms with Gasteiger partial charge in [-0.15, -0.1) is 0 Å². The van der Waals surface area contributed by atoms with Gasteiger partial charge in [-0.2, -0.15) is 0 Å². The maximum Gasteiger partial charge on any atom is 0.351 e. The predicted octanol–water partition coefficient (Wildman–Crippen LogP) is 1.16. The normalized spacial score (nSPS) is 11.8. The maximum absolute atomic E-state index is 11.0. The largest absolute Gasteiger partial charge is 0.478 e. The van der Waals surface area contributed by atoms with Crippen molar-refractivity contribution in [2.45, 2.75) is 19.4 Å². The van der Waals surface area contributed by atoms with Crippen molar-refractivity contribution in [1.29, 1.82) is 0 Å². The summed E-state index contributed by atoms with van der Waals surface area (Å²) in [6.45, 7) is 1.60. The first-order valence-corrected chi connectivity index (χ1v) is 4.48. The van der Waals surface area contributed by atoms with Crippen LogP contribution in [-0.4, -0.2) is 22.0 Å². The first kappa shape index (κ1) is 11.2. The fourth-order valence-corrected chi connectivity index (χ4v) is 0.983. The molecule has 0 aliphatic rings. The third-order valence-electron chi connectivity index (χ3n) is 1.72. The molecule has 0 bridgehead atoms. The number of aliphatic carboxylic acids is 1. The third kappa shape index (κ3) is 3.05. The Morgan fingerprint density at radius 1 is 1.53 bits per heavy atom. The Kier molecular flexibility index (Phi) is 3.79. The molecular weight excluding hydrogens is 198 g/mol. The fourth-order valence-electron chi connectivity index (χ4n) is 0.983. The molecule has 0 saturated carbocycles. The van der Waals surface area contributed by atoms with Crippen molar-refractivity contribution in [1.82, 2.24) is 4.98 Å². The average molecular weight is 209 g/mol. The zero-order chi connectivity index (χ0) is 11.3. The summed E-state index contributed by atoms with van der Waals surface area (Å²) in [6.07, 6.45) is 0.264. The van der Waals surface area contributed by atoms with Crippen molar-refractivity contribution in [3.63, 3.8) is 0 Å². The second kappa shape index (κ2) is 5.09. The van der Waals surface area contributed by atoms with Crippen LogP contribution in [0, 0.1) is 0 Å². The van der Waals surface area contributed by atoms with Crippen LogP contribution >= 0.6 is 0 Å². The fraction of sp³-hybridized carbons (Fsp3) is 0.300. The molecule has 5 nitrogen and oxygen atoms in total. The summed E-state index contributed by atoms with van der Waals surface area (Å²) in [6, 6.07) is 4.80. The highest BCUT2D eigenvalue weighted by Crippen LogP contribution is 2.15. The van der Waals surface area contributed by atoms with E-state index in [1.165, 1.54) is 12.3 Å². The van der Waals surface area contributed by atoms with Gasteiger partial charge in [-0.1, -0.05) is 13.0 Å². The second-order valence-corrected chi connectivity index (χ2v) is 2.82. The summed E-state index contributed by atoms with van der Waals surface area (Å²) in [7, 11) is 0. The smallest absolute Gasteiger partial charge is 0.351 e. The molecule has 5 heteroatoms. The minimum absolute atomic E-state index is 0.136. The molecule has 0 amide bonds. The van der Waals surface area contributed by atoms with Gasteiger partial charge >= 0.3 is 11.9 Å². The number of esters is 1. The van der Waals surface area contributed by atoms with Gasteiger partial charge in [-0.05, 0) is 12.1 Å². The van der Waals surface area contributed by atoms with Crippen molar-refractivity contribution in [2.75, 3.05) is 0 Å². The van der Waals surface area contributed by atoms with Crippen LogP contribution in [0.25, 0.3) is 0 Å². The molecule has 1 aromatic rings. The minimum Gasteiger partial charge on any atom is -0.478 e. The van der Waals surface area contributed by atoms with Gasteiger partial charge in [-0.25, -0.2) is 4.79 Å². The molecule has 0 aliphatic heterocycles. The first-order valence-electron chi connectivity index (χ1n) is 4.48. The van der Waals surface area contributed by atoms with Gasteiger partial charge in [-0.3, -0.25) is 9.78 Å². The number of pyridine rings is 1. The van der Waals surface area contributed by atoms with Gasteiger partial charge in [0.2, 0.25) is 6.10 Å². The Labute approximate surface area is 86.7 Å². The number of nitrogens with zero attached hydrogens (tertiary/aromatic N) is 1. The Balaban J connectivity index is 2.84. The highest BCUT2D eigenvalue weighted by atomic mass is 16.6. The molecule has 1 rings (SSSR count). The van der Waals surface area contributed by atoms with Gasteiger partial charge in [0, 0.05) is 12.6 Å². The molecule has 0 saturated heterocycles. The quantitative estimate of drug-likeness (QED) is 0.753. The topological polar surface area (TPSA) is 76.5 Å². The van der Waals surface area contributed by atoms with E-state index in [0.717, 1.165) is 0 Å². The Hall–Kier alpha value is -1.91. The number of ether oxygens (including phenoxy) is 1. The molecule has 1 heterocycles. The van der Waals surface area contributed by atoms with Crippen molar-refractivity contribution in [3.8, 4) is 0 Å². The Bertz CT molecular complexity index is 350. The molecule has 80 valence electrons. The molecule has 0 fully saturated rings. The Morgan fingerprint density at radius 2 is 2.27 bits per heavy atom. The van der Waals surface area contributed by atoms with Crippen LogP contribution < -0.4 is 0 Å².